The maximum atomic E-state index is 12.5. The van der Waals surface area contributed by atoms with Gasteiger partial charge in [-0.3, -0.25) is 4.79 Å². The Labute approximate surface area is 237 Å². The summed E-state index contributed by atoms with van der Waals surface area (Å²) < 4.78 is 21.8. The number of ether oxygens (including phenoxy) is 4. The maximum absolute atomic E-state index is 12.5. The van der Waals surface area contributed by atoms with Crippen LogP contribution in [0.15, 0.2) is 71.5 Å². The summed E-state index contributed by atoms with van der Waals surface area (Å²) in [5.74, 6) is 4.89. The van der Waals surface area contributed by atoms with Crippen LogP contribution in [0, 0.1) is 0 Å². The van der Waals surface area contributed by atoms with Gasteiger partial charge in [-0.25, -0.2) is 24.0 Å². The molecule has 0 aliphatic rings. The van der Waals surface area contributed by atoms with Crippen LogP contribution in [-0.4, -0.2) is 54.1 Å². The first-order chi connectivity index (χ1) is 19.7. The molecule has 2 aromatic carbocycles. The van der Waals surface area contributed by atoms with Gasteiger partial charge in [-0.1, -0.05) is 49.0 Å². The number of esters is 2. The zero-order valence-electron chi connectivity index (χ0n) is 23.0. The number of nitrogens with zero attached hydrogens (tertiary/aromatic N) is 2. The lowest BCUT2D eigenvalue weighted by Crippen LogP contribution is -2.41. The van der Waals surface area contributed by atoms with E-state index in [-0.39, 0.29) is 44.1 Å². The summed E-state index contributed by atoms with van der Waals surface area (Å²) in [6.45, 7) is 5.45. The number of carbonyl (C=O) groups is 3. The van der Waals surface area contributed by atoms with E-state index in [9.17, 15) is 19.2 Å². The van der Waals surface area contributed by atoms with E-state index < -0.39 is 35.7 Å². The Hall–Kier alpha value is -4.71. The van der Waals surface area contributed by atoms with Gasteiger partial charge in [0.05, 0.1) is 24.6 Å². The fourth-order valence-corrected chi connectivity index (χ4v) is 3.91. The molecule has 12 heteroatoms. The Bertz CT molecular complexity index is 1420. The minimum absolute atomic E-state index is 0.0301. The number of fused-ring (bicyclic) bond motifs is 1. The van der Waals surface area contributed by atoms with Gasteiger partial charge in [-0.2, -0.15) is 0 Å². The number of carbonyl (C=O) groups excluding carboxylic acids is 3. The smallest absolute Gasteiger partial charge is 0.408 e. The molecule has 3 aromatic rings. The van der Waals surface area contributed by atoms with Crippen molar-refractivity contribution in [2.24, 2.45) is 0 Å². The van der Waals surface area contributed by atoms with E-state index >= 15 is 0 Å². The molecular weight excluding hydrogens is 532 g/mol. The van der Waals surface area contributed by atoms with Gasteiger partial charge in [0.15, 0.2) is 5.82 Å². The summed E-state index contributed by atoms with van der Waals surface area (Å²) >= 11 is 0. The van der Waals surface area contributed by atoms with Crippen LogP contribution in [0.5, 0.6) is 0 Å². The first-order valence-corrected chi connectivity index (χ1v) is 13.0. The van der Waals surface area contributed by atoms with Crippen LogP contribution in [0.4, 0.5) is 4.79 Å². The number of nitrogens with one attached hydrogen (secondary N) is 1. The van der Waals surface area contributed by atoms with E-state index in [0.29, 0.717) is 17.3 Å². The molecule has 0 saturated carbocycles. The van der Waals surface area contributed by atoms with Gasteiger partial charge in [-0.15, -0.1) is 0 Å². The number of benzene rings is 2. The predicted octanol–water partition coefficient (Wildman–Crippen LogP) is 2.93. The molecule has 3 rings (SSSR count). The molecule has 41 heavy (non-hydrogen) atoms. The number of aromatic nitrogens is 2. The molecule has 0 radical (unpaired) electrons. The zero-order chi connectivity index (χ0) is 29.8. The standard InChI is InChI=1S/C29H34N4O8/c1-19(10-9-15-24(28(36)38-3)32-29(37)41-18-21-11-5-4-6-12-21)27(35)40-17-16-39-20(2)25-31-23-14-8-7-13-22(23)26(34)33(25)30/h4-8,11-14,20,24H,1,9-10,15-18,30H2,2-3H3,(H,32,37)/t20-,24+/m1/s1. The van der Waals surface area contributed by atoms with Crippen LogP contribution in [0.1, 0.15) is 43.7 Å². The highest BCUT2D eigenvalue weighted by Gasteiger charge is 2.23. The van der Waals surface area contributed by atoms with Crippen LogP contribution in [0.25, 0.3) is 10.9 Å². The van der Waals surface area contributed by atoms with Crippen molar-refractivity contribution < 1.29 is 33.3 Å². The number of para-hydroxylation sites is 1. The lowest BCUT2D eigenvalue weighted by atomic mass is 10.1. The number of alkyl carbamates (subject to hydrolysis) is 1. The van der Waals surface area contributed by atoms with E-state index in [0.717, 1.165) is 10.2 Å². The van der Waals surface area contributed by atoms with Crippen LogP contribution >= 0.6 is 0 Å². The predicted molar refractivity (Wildman–Crippen MR) is 150 cm³/mol. The summed E-state index contributed by atoms with van der Waals surface area (Å²) in [7, 11) is 1.22. The van der Waals surface area contributed by atoms with Crippen LogP contribution in [0.3, 0.4) is 0 Å². The van der Waals surface area contributed by atoms with Gasteiger partial charge in [0.1, 0.15) is 25.4 Å². The average Bonchev–Trinajstić information content (AvgIpc) is 2.99. The van der Waals surface area contributed by atoms with Crippen molar-refractivity contribution in [2.45, 2.75) is 44.9 Å². The van der Waals surface area contributed by atoms with Gasteiger partial charge in [0.25, 0.3) is 5.56 Å². The quantitative estimate of drug-likeness (QED) is 0.0976. The highest BCUT2D eigenvalue weighted by atomic mass is 16.6. The third-order valence-corrected chi connectivity index (χ3v) is 6.13. The minimum Gasteiger partial charge on any atom is -0.467 e. The van der Waals surface area contributed by atoms with E-state index in [1.807, 2.05) is 30.3 Å². The number of amides is 1. The monoisotopic (exact) mass is 566 g/mol. The third-order valence-electron chi connectivity index (χ3n) is 6.13. The number of hydrogen-bond donors (Lipinski definition) is 2. The molecule has 0 spiro atoms. The van der Waals surface area contributed by atoms with Crippen molar-refractivity contribution in [1.82, 2.24) is 15.0 Å². The molecule has 0 unspecified atom stereocenters. The Balaban J connectivity index is 1.39. The first kappa shape index (κ1) is 30.8. The zero-order valence-corrected chi connectivity index (χ0v) is 23.0. The topological polar surface area (TPSA) is 161 Å². The molecule has 0 bridgehead atoms. The molecule has 218 valence electrons. The molecule has 0 aliphatic heterocycles. The van der Waals surface area contributed by atoms with Crippen molar-refractivity contribution in [2.75, 3.05) is 26.2 Å². The maximum Gasteiger partial charge on any atom is 0.408 e. The van der Waals surface area contributed by atoms with Gasteiger partial charge >= 0.3 is 18.0 Å². The van der Waals surface area contributed by atoms with Gasteiger partial charge in [0.2, 0.25) is 0 Å². The average molecular weight is 567 g/mol. The second-order valence-corrected chi connectivity index (χ2v) is 9.09. The second-order valence-electron chi connectivity index (χ2n) is 9.09. The molecule has 3 N–H and O–H groups in total. The molecule has 1 amide bonds. The Kier molecular flexibility index (Phi) is 11.4. The summed E-state index contributed by atoms with van der Waals surface area (Å²) in [5.41, 5.74) is 1.11. The molecule has 0 fully saturated rings. The fourth-order valence-electron chi connectivity index (χ4n) is 3.91. The number of nitrogen functional groups attached to an aromatic ring is 1. The number of nitrogens with two attached hydrogens (primary N) is 1. The molecule has 12 nitrogen and oxygen atoms in total. The third kappa shape index (κ3) is 8.90. The van der Waals surface area contributed by atoms with Crippen molar-refractivity contribution in [3.05, 3.63) is 88.5 Å². The van der Waals surface area contributed by atoms with Gasteiger partial charge in [0, 0.05) is 5.57 Å². The number of rotatable bonds is 14. The molecule has 0 aliphatic carbocycles. The lowest BCUT2D eigenvalue weighted by Gasteiger charge is -2.17. The molecule has 1 aromatic heterocycles. The van der Waals surface area contributed by atoms with E-state index in [4.69, 9.17) is 24.8 Å². The molecule has 0 saturated heterocycles. The van der Waals surface area contributed by atoms with Crippen molar-refractivity contribution in [3.63, 3.8) is 0 Å². The van der Waals surface area contributed by atoms with Crippen molar-refractivity contribution >= 4 is 28.9 Å². The summed E-state index contributed by atoms with van der Waals surface area (Å²) in [5, 5.41) is 2.89. The summed E-state index contributed by atoms with van der Waals surface area (Å²) in [4.78, 5) is 53.5. The van der Waals surface area contributed by atoms with Crippen LogP contribution in [0.2, 0.25) is 0 Å². The SMILES string of the molecule is C=C(CCC[C@H](NC(=O)OCc1ccccc1)C(=O)OC)C(=O)OCCO[C@H](C)c1nc2ccccc2c(=O)n1N. The molecular formula is C29H34N4O8. The molecule has 2 atom stereocenters. The Morgan fingerprint density at radius 1 is 1.05 bits per heavy atom. The minimum atomic E-state index is -0.953. The number of hydrogen-bond acceptors (Lipinski definition) is 10. The normalized spacial score (nSPS) is 12.2. The van der Waals surface area contributed by atoms with Gasteiger partial charge in [-0.05, 0) is 43.9 Å². The number of methoxy groups -OCH3 is 1. The largest absolute Gasteiger partial charge is 0.467 e. The van der Waals surface area contributed by atoms with E-state index in [1.54, 1.807) is 31.2 Å². The van der Waals surface area contributed by atoms with E-state index in [1.165, 1.54) is 7.11 Å². The fraction of sp³-hybridized carbons (Fsp3) is 0.345. The van der Waals surface area contributed by atoms with Crippen LogP contribution in [-0.2, 0) is 35.1 Å². The van der Waals surface area contributed by atoms with Crippen LogP contribution < -0.4 is 16.7 Å². The van der Waals surface area contributed by atoms with Crippen molar-refractivity contribution in [3.8, 4) is 0 Å². The summed E-state index contributed by atoms with van der Waals surface area (Å²) in [6.07, 6.45) is -0.629. The molecule has 1 heterocycles. The lowest BCUT2D eigenvalue weighted by molar-refractivity contribution is -0.143. The highest BCUT2D eigenvalue weighted by Crippen LogP contribution is 2.16. The van der Waals surface area contributed by atoms with Gasteiger partial charge < -0.3 is 30.1 Å². The summed E-state index contributed by atoms with van der Waals surface area (Å²) in [6, 6.07) is 15.0. The Morgan fingerprint density at radius 3 is 2.49 bits per heavy atom. The van der Waals surface area contributed by atoms with E-state index in [2.05, 4.69) is 16.9 Å². The highest BCUT2D eigenvalue weighted by molar-refractivity contribution is 5.87. The Morgan fingerprint density at radius 2 is 1.76 bits per heavy atom. The first-order valence-electron chi connectivity index (χ1n) is 13.0. The second kappa shape index (κ2) is 15.2. The van der Waals surface area contributed by atoms with Crippen molar-refractivity contribution in [1.29, 1.82) is 0 Å².